The van der Waals surface area contributed by atoms with Crippen LogP contribution >= 0.6 is 11.8 Å². The Labute approximate surface area is 243 Å². The molecule has 0 radical (unpaired) electrons. The van der Waals surface area contributed by atoms with Crippen molar-refractivity contribution in [1.29, 1.82) is 0 Å². The van der Waals surface area contributed by atoms with Crippen molar-refractivity contribution in [3.8, 4) is 22.3 Å². The molecule has 8 rings (SSSR count). The van der Waals surface area contributed by atoms with Crippen molar-refractivity contribution in [2.24, 2.45) is 0 Å². The summed E-state index contributed by atoms with van der Waals surface area (Å²) in [5.41, 5.74) is 16.6. The van der Waals surface area contributed by atoms with Crippen LogP contribution in [0.5, 0.6) is 0 Å². The first-order valence-electron chi connectivity index (χ1n) is 14.0. The fraction of sp³-hybridized carbons (Fsp3) is 0.0526. The number of anilines is 1. The molecule has 2 nitrogen and oxygen atoms in total. The van der Waals surface area contributed by atoms with Gasteiger partial charge in [0.15, 0.2) is 0 Å². The molecule has 0 spiro atoms. The predicted molar refractivity (Wildman–Crippen MR) is 179 cm³/mol. The molecule has 0 saturated heterocycles. The molecule has 5 aromatic carbocycles. The maximum absolute atomic E-state index is 6.94. The quantitative estimate of drug-likeness (QED) is 0.223. The third-order valence-corrected chi connectivity index (χ3v) is 9.23. The SMILES string of the molecule is CSc1cc(-c2cccc3ccccc23)ccc1-c1ccc2c3cccc4c(/C=C5/C=CC=CC5)c(N)n(c2c1)c43. The highest BCUT2D eigenvalue weighted by Gasteiger charge is 2.20. The zero-order valence-corrected chi connectivity index (χ0v) is 23.6. The lowest BCUT2D eigenvalue weighted by molar-refractivity contribution is 1.27. The molecule has 0 unspecified atom stereocenters. The second-order valence-corrected chi connectivity index (χ2v) is 11.6. The smallest absolute Gasteiger partial charge is 0.116 e. The number of fused-ring (bicyclic) bond motifs is 4. The third kappa shape index (κ3) is 3.73. The van der Waals surface area contributed by atoms with Gasteiger partial charge in [0, 0.05) is 26.6 Å². The van der Waals surface area contributed by atoms with Crippen LogP contribution in [-0.2, 0) is 0 Å². The highest BCUT2D eigenvalue weighted by Crippen LogP contribution is 2.42. The summed E-state index contributed by atoms with van der Waals surface area (Å²) in [6.45, 7) is 0. The molecule has 1 aliphatic carbocycles. The van der Waals surface area contributed by atoms with Crippen molar-refractivity contribution >= 4 is 61.6 Å². The van der Waals surface area contributed by atoms with Gasteiger partial charge in [-0.05, 0) is 69.5 Å². The van der Waals surface area contributed by atoms with E-state index in [1.807, 2.05) is 0 Å². The summed E-state index contributed by atoms with van der Waals surface area (Å²) in [6, 6.07) is 35.5. The monoisotopic (exact) mass is 544 g/mol. The zero-order valence-electron chi connectivity index (χ0n) is 22.8. The minimum atomic E-state index is 0.801. The van der Waals surface area contributed by atoms with Crippen molar-refractivity contribution in [2.75, 3.05) is 12.0 Å². The molecule has 0 atom stereocenters. The molecule has 1 aliphatic rings. The molecule has 41 heavy (non-hydrogen) atoms. The minimum absolute atomic E-state index is 0.801. The van der Waals surface area contributed by atoms with Crippen molar-refractivity contribution in [1.82, 2.24) is 4.40 Å². The Hall–Kier alpha value is -4.73. The van der Waals surface area contributed by atoms with Gasteiger partial charge in [0.2, 0.25) is 0 Å². The Morgan fingerprint density at radius 1 is 0.732 bits per heavy atom. The molecule has 0 fully saturated rings. The van der Waals surface area contributed by atoms with E-state index in [-0.39, 0.29) is 0 Å². The number of nitrogen functional groups attached to an aromatic ring is 1. The van der Waals surface area contributed by atoms with E-state index in [1.54, 1.807) is 11.8 Å². The second-order valence-electron chi connectivity index (χ2n) is 10.7. The van der Waals surface area contributed by atoms with Crippen molar-refractivity contribution in [3.05, 3.63) is 133 Å². The molecule has 0 saturated carbocycles. The van der Waals surface area contributed by atoms with Crippen LogP contribution in [0.15, 0.2) is 132 Å². The number of thioether (sulfide) groups is 1. The number of nitrogens with two attached hydrogens (primary N) is 1. The minimum Gasteiger partial charge on any atom is -0.384 e. The van der Waals surface area contributed by atoms with Gasteiger partial charge in [-0.2, -0.15) is 0 Å². The Kier molecular flexibility index (Phi) is 5.54. The van der Waals surface area contributed by atoms with Crippen LogP contribution in [0.4, 0.5) is 5.82 Å². The summed E-state index contributed by atoms with van der Waals surface area (Å²) in [5, 5.41) is 6.23. The molecule has 196 valence electrons. The molecule has 0 bridgehead atoms. The number of rotatable bonds is 4. The second kappa shape index (κ2) is 9.43. The molecule has 3 heteroatoms. The molecule has 7 aromatic rings. The van der Waals surface area contributed by atoms with Gasteiger partial charge in [-0.15, -0.1) is 11.8 Å². The summed E-state index contributed by atoms with van der Waals surface area (Å²) in [5.74, 6) is 0.801. The summed E-state index contributed by atoms with van der Waals surface area (Å²) < 4.78 is 2.27. The predicted octanol–water partition coefficient (Wildman–Crippen LogP) is 10.4. The summed E-state index contributed by atoms with van der Waals surface area (Å²) in [6.07, 6.45) is 13.9. The van der Waals surface area contributed by atoms with E-state index in [1.165, 1.54) is 65.2 Å². The molecule has 0 amide bonds. The highest BCUT2D eigenvalue weighted by molar-refractivity contribution is 7.98. The molecule has 0 aliphatic heterocycles. The van der Waals surface area contributed by atoms with Crippen molar-refractivity contribution in [2.45, 2.75) is 11.3 Å². The van der Waals surface area contributed by atoms with Crippen LogP contribution in [0.2, 0.25) is 0 Å². The summed E-state index contributed by atoms with van der Waals surface area (Å²) >= 11 is 1.79. The van der Waals surface area contributed by atoms with Crippen LogP contribution in [0.1, 0.15) is 12.0 Å². The Balaban J connectivity index is 1.30. The number of hydrogen-bond acceptors (Lipinski definition) is 2. The van der Waals surface area contributed by atoms with Gasteiger partial charge >= 0.3 is 0 Å². The standard InChI is InChI=1S/C38H28N2S/c1-41-36-23-27(29-14-7-12-25-11-5-6-13-28(25)29)17-19-30(36)26-18-20-31-32-15-8-16-33-34(21-24-9-3-2-4-10-24)38(39)40(37(32)33)35(31)22-26/h2-9,11-23H,10,39H2,1H3/b24-21-. The van der Waals surface area contributed by atoms with E-state index in [0.717, 1.165) is 23.3 Å². The average Bonchev–Trinajstić information content (AvgIpc) is 3.51. The van der Waals surface area contributed by atoms with E-state index in [2.05, 4.69) is 138 Å². The van der Waals surface area contributed by atoms with Crippen LogP contribution in [0, 0.1) is 0 Å². The number of hydrogen-bond donors (Lipinski definition) is 1. The fourth-order valence-corrected chi connectivity index (χ4v) is 7.16. The van der Waals surface area contributed by atoms with Gasteiger partial charge in [-0.3, -0.25) is 4.40 Å². The largest absolute Gasteiger partial charge is 0.384 e. The van der Waals surface area contributed by atoms with Gasteiger partial charge in [0.25, 0.3) is 0 Å². The number of aromatic nitrogens is 1. The van der Waals surface area contributed by atoms with Gasteiger partial charge < -0.3 is 5.73 Å². The van der Waals surface area contributed by atoms with Crippen LogP contribution in [0.3, 0.4) is 0 Å². The Morgan fingerprint density at radius 2 is 1.51 bits per heavy atom. The molecular weight excluding hydrogens is 516 g/mol. The van der Waals surface area contributed by atoms with Crippen LogP contribution in [0.25, 0.3) is 66.3 Å². The molecule has 2 N–H and O–H groups in total. The number of para-hydroxylation sites is 1. The Bertz CT molecular complexity index is 2220. The van der Waals surface area contributed by atoms with Crippen molar-refractivity contribution in [3.63, 3.8) is 0 Å². The maximum Gasteiger partial charge on any atom is 0.116 e. The Morgan fingerprint density at radius 3 is 2.39 bits per heavy atom. The van der Waals surface area contributed by atoms with Gasteiger partial charge in [-0.25, -0.2) is 0 Å². The summed E-state index contributed by atoms with van der Waals surface area (Å²) in [4.78, 5) is 1.26. The van der Waals surface area contributed by atoms with E-state index in [9.17, 15) is 0 Å². The van der Waals surface area contributed by atoms with E-state index in [4.69, 9.17) is 5.73 Å². The third-order valence-electron chi connectivity index (χ3n) is 8.45. The molecule has 2 heterocycles. The number of benzene rings is 5. The van der Waals surface area contributed by atoms with Crippen LogP contribution < -0.4 is 5.73 Å². The maximum atomic E-state index is 6.94. The average molecular weight is 545 g/mol. The van der Waals surface area contributed by atoms with E-state index < -0.39 is 0 Å². The van der Waals surface area contributed by atoms with Gasteiger partial charge in [0.05, 0.1) is 11.0 Å². The zero-order chi connectivity index (χ0) is 27.5. The number of allylic oxidation sites excluding steroid dienone is 5. The normalized spacial score (nSPS) is 14.4. The number of nitrogens with zero attached hydrogens (tertiary/aromatic N) is 1. The fourth-order valence-electron chi connectivity index (χ4n) is 6.51. The van der Waals surface area contributed by atoms with Crippen molar-refractivity contribution < 1.29 is 0 Å². The topological polar surface area (TPSA) is 30.4 Å². The first kappa shape index (κ1) is 24.1. The lowest BCUT2D eigenvalue weighted by Gasteiger charge is -2.13. The van der Waals surface area contributed by atoms with E-state index >= 15 is 0 Å². The highest BCUT2D eigenvalue weighted by atomic mass is 32.2. The van der Waals surface area contributed by atoms with Gasteiger partial charge in [0.1, 0.15) is 5.82 Å². The lowest BCUT2D eigenvalue weighted by Crippen LogP contribution is -1.94. The lowest BCUT2D eigenvalue weighted by atomic mass is 9.95. The summed E-state index contributed by atoms with van der Waals surface area (Å²) in [7, 11) is 0. The first-order valence-corrected chi connectivity index (χ1v) is 15.2. The molecular formula is C38H28N2S. The molecule has 2 aromatic heterocycles. The first-order chi connectivity index (χ1) is 20.2. The van der Waals surface area contributed by atoms with E-state index in [0.29, 0.717) is 0 Å². The van der Waals surface area contributed by atoms with Gasteiger partial charge in [-0.1, -0.05) is 109 Å². The van der Waals surface area contributed by atoms with Crippen LogP contribution in [-0.4, -0.2) is 10.7 Å².